The van der Waals surface area contributed by atoms with Gasteiger partial charge in [0.2, 0.25) is 0 Å². The van der Waals surface area contributed by atoms with Crippen molar-refractivity contribution in [1.82, 2.24) is 9.88 Å². The van der Waals surface area contributed by atoms with Gasteiger partial charge in [0.25, 0.3) is 5.91 Å². The Labute approximate surface area is 114 Å². The molecule has 1 amide bonds. The molecule has 106 valence electrons. The van der Waals surface area contributed by atoms with Gasteiger partial charge >= 0.3 is 0 Å². The molecule has 1 aliphatic rings. The van der Waals surface area contributed by atoms with Crippen molar-refractivity contribution in [2.75, 3.05) is 6.61 Å². The minimum absolute atomic E-state index is 0.0330. The molecule has 0 radical (unpaired) electrons. The second-order valence-electron chi connectivity index (χ2n) is 5.63. The summed E-state index contributed by atoms with van der Waals surface area (Å²) in [6.45, 7) is 6.98. The Morgan fingerprint density at radius 1 is 1.42 bits per heavy atom. The minimum atomic E-state index is -0.397. The fraction of sp³-hybridized carbons (Fsp3) is 0.667. The summed E-state index contributed by atoms with van der Waals surface area (Å²) in [4.78, 5) is 12.4. The number of aromatic nitrogens is 1. The molecule has 1 fully saturated rings. The molecule has 1 aromatic heterocycles. The maximum absolute atomic E-state index is 12.4. The second kappa shape index (κ2) is 5.37. The van der Waals surface area contributed by atoms with Crippen molar-refractivity contribution in [3.05, 3.63) is 23.0 Å². The highest BCUT2D eigenvalue weighted by atomic mass is 16.3. The smallest absolute Gasteiger partial charge is 0.253 e. The zero-order valence-electron chi connectivity index (χ0n) is 12.1. The van der Waals surface area contributed by atoms with Crippen LogP contribution < -0.4 is 5.32 Å². The zero-order valence-corrected chi connectivity index (χ0v) is 12.1. The Balaban J connectivity index is 2.20. The monoisotopic (exact) mass is 264 g/mol. The van der Waals surface area contributed by atoms with E-state index in [1.165, 1.54) is 0 Å². The van der Waals surface area contributed by atoms with Crippen LogP contribution in [-0.4, -0.2) is 27.7 Å². The molecule has 0 unspecified atom stereocenters. The number of rotatable bonds is 4. The fourth-order valence-electron chi connectivity index (χ4n) is 3.20. The van der Waals surface area contributed by atoms with E-state index in [0.29, 0.717) is 0 Å². The summed E-state index contributed by atoms with van der Waals surface area (Å²) in [7, 11) is 0. The maximum Gasteiger partial charge on any atom is 0.253 e. The Morgan fingerprint density at radius 3 is 2.53 bits per heavy atom. The van der Waals surface area contributed by atoms with Crippen molar-refractivity contribution in [1.29, 1.82) is 0 Å². The average molecular weight is 264 g/mol. The first-order chi connectivity index (χ1) is 9.03. The van der Waals surface area contributed by atoms with Gasteiger partial charge in [-0.2, -0.15) is 0 Å². The summed E-state index contributed by atoms with van der Waals surface area (Å²) in [5.74, 6) is -0.0521. The molecule has 19 heavy (non-hydrogen) atoms. The van der Waals surface area contributed by atoms with Gasteiger partial charge in [-0.25, -0.2) is 0 Å². The third kappa shape index (κ3) is 2.54. The van der Waals surface area contributed by atoms with E-state index < -0.39 is 5.54 Å². The van der Waals surface area contributed by atoms with Crippen molar-refractivity contribution in [3.63, 3.8) is 0 Å². The van der Waals surface area contributed by atoms with Crippen LogP contribution in [0.4, 0.5) is 0 Å². The zero-order chi connectivity index (χ0) is 14.0. The van der Waals surface area contributed by atoms with E-state index in [9.17, 15) is 9.90 Å². The molecule has 0 aliphatic heterocycles. The Kier molecular flexibility index (Phi) is 3.99. The van der Waals surface area contributed by atoms with E-state index in [1.54, 1.807) is 0 Å². The minimum Gasteiger partial charge on any atom is -0.394 e. The first kappa shape index (κ1) is 14.1. The highest BCUT2D eigenvalue weighted by Crippen LogP contribution is 2.29. The molecule has 1 saturated carbocycles. The molecule has 0 atom stereocenters. The number of carbonyl (C=O) groups is 1. The Hall–Kier alpha value is -1.29. The summed E-state index contributed by atoms with van der Waals surface area (Å²) in [5.41, 5.74) is 2.45. The van der Waals surface area contributed by atoms with Crippen molar-refractivity contribution in [2.45, 2.75) is 58.5 Å². The third-order valence-electron chi connectivity index (χ3n) is 4.38. The van der Waals surface area contributed by atoms with Crippen LogP contribution >= 0.6 is 0 Å². The van der Waals surface area contributed by atoms with Gasteiger partial charge in [0.05, 0.1) is 17.7 Å². The molecule has 0 bridgehead atoms. The molecule has 2 rings (SSSR count). The summed E-state index contributed by atoms with van der Waals surface area (Å²) in [6, 6.07) is 1.94. The number of aliphatic hydroxyl groups excluding tert-OH is 1. The number of aryl methyl sites for hydroxylation is 1. The van der Waals surface area contributed by atoms with Gasteiger partial charge in [-0.15, -0.1) is 0 Å². The number of nitrogens with one attached hydrogen (secondary N) is 1. The van der Waals surface area contributed by atoms with Gasteiger partial charge in [-0.05, 0) is 39.7 Å². The van der Waals surface area contributed by atoms with E-state index in [2.05, 4.69) is 16.8 Å². The van der Waals surface area contributed by atoms with Crippen molar-refractivity contribution >= 4 is 5.91 Å². The maximum atomic E-state index is 12.4. The number of amides is 1. The second-order valence-corrected chi connectivity index (χ2v) is 5.63. The van der Waals surface area contributed by atoms with Crippen LogP contribution in [0.15, 0.2) is 6.07 Å². The number of nitrogens with zero attached hydrogens (tertiary/aromatic N) is 1. The largest absolute Gasteiger partial charge is 0.394 e. The molecular weight excluding hydrogens is 240 g/mol. The van der Waals surface area contributed by atoms with E-state index in [-0.39, 0.29) is 12.5 Å². The first-order valence-electron chi connectivity index (χ1n) is 7.13. The molecular formula is C15H24N2O2. The lowest BCUT2D eigenvalue weighted by Gasteiger charge is -2.28. The number of aliphatic hydroxyl groups is 1. The van der Waals surface area contributed by atoms with Crippen LogP contribution in [0.2, 0.25) is 0 Å². The molecule has 4 heteroatoms. The lowest BCUT2D eigenvalue weighted by atomic mass is 9.98. The normalized spacial score (nSPS) is 17.7. The van der Waals surface area contributed by atoms with Crippen molar-refractivity contribution in [3.8, 4) is 0 Å². The topological polar surface area (TPSA) is 54.3 Å². The molecule has 1 aliphatic carbocycles. The first-order valence-corrected chi connectivity index (χ1v) is 7.13. The molecule has 0 saturated heterocycles. The van der Waals surface area contributed by atoms with Gasteiger partial charge in [-0.3, -0.25) is 4.79 Å². The van der Waals surface area contributed by atoms with Crippen LogP contribution in [0.25, 0.3) is 0 Å². The standard InChI is InChI=1S/C15H24N2O2/c1-4-17-11(2)9-13(12(17)3)14(19)16-15(10-18)7-5-6-8-15/h9,18H,4-8,10H2,1-3H3,(H,16,19). The molecule has 2 N–H and O–H groups in total. The summed E-state index contributed by atoms with van der Waals surface area (Å²) < 4.78 is 2.13. The summed E-state index contributed by atoms with van der Waals surface area (Å²) >= 11 is 0. The number of hydrogen-bond acceptors (Lipinski definition) is 2. The van der Waals surface area contributed by atoms with Gasteiger partial charge in [0.1, 0.15) is 0 Å². The highest BCUT2D eigenvalue weighted by molar-refractivity contribution is 5.96. The lowest BCUT2D eigenvalue weighted by molar-refractivity contribution is 0.0838. The SMILES string of the molecule is CCn1c(C)cc(C(=O)NC2(CO)CCCC2)c1C. The van der Waals surface area contributed by atoms with Crippen LogP contribution in [0, 0.1) is 13.8 Å². The molecule has 4 nitrogen and oxygen atoms in total. The van der Waals surface area contributed by atoms with Crippen LogP contribution in [0.3, 0.4) is 0 Å². The highest BCUT2D eigenvalue weighted by Gasteiger charge is 2.35. The van der Waals surface area contributed by atoms with E-state index in [4.69, 9.17) is 0 Å². The van der Waals surface area contributed by atoms with Crippen LogP contribution in [-0.2, 0) is 6.54 Å². The molecule has 0 aromatic carbocycles. The predicted octanol–water partition coefficient (Wildman–Crippen LogP) is 2.16. The quantitative estimate of drug-likeness (QED) is 0.875. The average Bonchev–Trinajstić information content (AvgIpc) is 2.95. The van der Waals surface area contributed by atoms with E-state index in [0.717, 1.165) is 49.2 Å². The van der Waals surface area contributed by atoms with Gasteiger partial charge in [0.15, 0.2) is 0 Å². The number of carbonyl (C=O) groups excluding carboxylic acids is 1. The Morgan fingerprint density at radius 2 is 2.05 bits per heavy atom. The summed E-state index contributed by atoms with van der Waals surface area (Å²) in [5, 5.41) is 12.6. The predicted molar refractivity (Wildman–Crippen MR) is 75.3 cm³/mol. The van der Waals surface area contributed by atoms with Crippen molar-refractivity contribution < 1.29 is 9.90 Å². The van der Waals surface area contributed by atoms with Gasteiger partial charge in [0, 0.05) is 17.9 Å². The Bertz CT molecular complexity index is 471. The molecule has 1 heterocycles. The van der Waals surface area contributed by atoms with E-state index >= 15 is 0 Å². The molecule has 0 spiro atoms. The number of hydrogen-bond donors (Lipinski definition) is 2. The third-order valence-corrected chi connectivity index (χ3v) is 4.38. The van der Waals surface area contributed by atoms with Crippen LogP contribution in [0.5, 0.6) is 0 Å². The summed E-state index contributed by atoms with van der Waals surface area (Å²) in [6.07, 6.45) is 3.91. The molecule has 1 aromatic rings. The van der Waals surface area contributed by atoms with E-state index in [1.807, 2.05) is 19.9 Å². The van der Waals surface area contributed by atoms with Crippen LogP contribution in [0.1, 0.15) is 54.4 Å². The van der Waals surface area contributed by atoms with Gasteiger partial charge in [-0.1, -0.05) is 12.8 Å². The van der Waals surface area contributed by atoms with Gasteiger partial charge < -0.3 is 15.0 Å². The van der Waals surface area contributed by atoms with Crippen molar-refractivity contribution in [2.24, 2.45) is 0 Å². The fourth-order valence-corrected chi connectivity index (χ4v) is 3.20. The lowest BCUT2D eigenvalue weighted by Crippen LogP contribution is -2.49.